The number of unbranched alkanes of at least 4 members (excludes halogenated alkanes) is 1. The SMILES string of the molecule is CCCCC(CC)CNCC(C(N)=NO)C(F)(F)F. The largest absolute Gasteiger partial charge is 0.409 e. The van der Waals surface area contributed by atoms with Crippen LogP contribution in [0.15, 0.2) is 5.16 Å². The first-order valence-electron chi connectivity index (χ1n) is 6.61. The van der Waals surface area contributed by atoms with Crippen molar-refractivity contribution >= 4 is 5.84 Å². The summed E-state index contributed by atoms with van der Waals surface area (Å²) in [6.07, 6.45) is -0.434. The van der Waals surface area contributed by atoms with Crippen LogP contribution in [0.3, 0.4) is 0 Å². The first kappa shape index (κ1) is 18.0. The fourth-order valence-corrected chi connectivity index (χ4v) is 1.83. The van der Waals surface area contributed by atoms with Crippen molar-refractivity contribution in [1.29, 1.82) is 0 Å². The maximum absolute atomic E-state index is 12.7. The lowest BCUT2D eigenvalue weighted by Crippen LogP contribution is -2.43. The quantitative estimate of drug-likeness (QED) is 0.264. The number of nitrogens with two attached hydrogens (primary N) is 1. The molecule has 19 heavy (non-hydrogen) atoms. The fraction of sp³-hybridized carbons (Fsp3) is 0.917. The van der Waals surface area contributed by atoms with Gasteiger partial charge in [0.15, 0.2) is 5.84 Å². The molecule has 0 aromatic carbocycles. The van der Waals surface area contributed by atoms with Crippen LogP contribution in [0.4, 0.5) is 13.2 Å². The minimum atomic E-state index is -4.51. The topological polar surface area (TPSA) is 70.6 Å². The summed E-state index contributed by atoms with van der Waals surface area (Å²) in [5.41, 5.74) is 5.07. The molecule has 0 heterocycles. The summed E-state index contributed by atoms with van der Waals surface area (Å²) in [5, 5.41) is 13.6. The minimum absolute atomic E-state index is 0.359. The number of oxime groups is 1. The molecule has 2 atom stereocenters. The van der Waals surface area contributed by atoms with Crippen LogP contribution in [0.5, 0.6) is 0 Å². The average Bonchev–Trinajstić information content (AvgIpc) is 2.35. The maximum Gasteiger partial charge on any atom is 0.400 e. The van der Waals surface area contributed by atoms with Gasteiger partial charge >= 0.3 is 6.18 Å². The van der Waals surface area contributed by atoms with Crippen molar-refractivity contribution < 1.29 is 18.4 Å². The molecule has 0 aliphatic carbocycles. The second-order valence-corrected chi connectivity index (χ2v) is 4.69. The van der Waals surface area contributed by atoms with Gasteiger partial charge in [0.2, 0.25) is 0 Å². The van der Waals surface area contributed by atoms with Crippen LogP contribution in [-0.4, -0.2) is 30.3 Å². The van der Waals surface area contributed by atoms with E-state index in [1.165, 1.54) is 0 Å². The van der Waals surface area contributed by atoms with Crippen LogP contribution in [0, 0.1) is 11.8 Å². The van der Waals surface area contributed by atoms with Crippen molar-refractivity contribution in [2.45, 2.75) is 45.7 Å². The Balaban J connectivity index is 4.26. The number of hydrogen-bond donors (Lipinski definition) is 3. The van der Waals surface area contributed by atoms with Gasteiger partial charge in [-0.3, -0.25) is 0 Å². The van der Waals surface area contributed by atoms with Crippen LogP contribution >= 0.6 is 0 Å². The Bertz CT molecular complexity index is 269. The standard InChI is InChI=1S/C12H24F3N3O/c1-3-5-6-9(4-2)7-17-8-10(11(16)18-19)12(13,14)15/h9-10,17,19H,3-8H2,1-2H3,(H2,16,18). The molecule has 0 saturated carbocycles. The van der Waals surface area contributed by atoms with E-state index in [1.807, 2.05) is 6.92 Å². The van der Waals surface area contributed by atoms with Gasteiger partial charge in [-0.05, 0) is 18.9 Å². The van der Waals surface area contributed by atoms with Gasteiger partial charge in [0, 0.05) is 6.54 Å². The molecule has 0 saturated heterocycles. The highest BCUT2D eigenvalue weighted by Gasteiger charge is 2.42. The predicted octanol–water partition coefficient (Wildman–Crippen LogP) is 2.72. The Morgan fingerprint density at radius 2 is 1.95 bits per heavy atom. The summed E-state index contributed by atoms with van der Waals surface area (Å²) in [7, 11) is 0. The van der Waals surface area contributed by atoms with Gasteiger partial charge in [-0.25, -0.2) is 0 Å². The summed E-state index contributed by atoms with van der Waals surface area (Å²) in [4.78, 5) is 0. The highest BCUT2D eigenvalue weighted by atomic mass is 19.4. The lowest BCUT2D eigenvalue weighted by atomic mass is 9.99. The third-order valence-corrected chi connectivity index (χ3v) is 3.19. The lowest BCUT2D eigenvalue weighted by molar-refractivity contribution is -0.155. The van der Waals surface area contributed by atoms with Crippen molar-refractivity contribution in [3.8, 4) is 0 Å². The van der Waals surface area contributed by atoms with Gasteiger partial charge < -0.3 is 16.3 Å². The number of amidine groups is 1. The van der Waals surface area contributed by atoms with Crippen LogP contribution in [-0.2, 0) is 0 Å². The molecule has 0 aromatic heterocycles. The second-order valence-electron chi connectivity index (χ2n) is 4.69. The number of rotatable bonds is 9. The molecular weight excluding hydrogens is 259 g/mol. The van der Waals surface area contributed by atoms with Crippen molar-refractivity contribution in [2.24, 2.45) is 22.7 Å². The van der Waals surface area contributed by atoms with Gasteiger partial charge in [-0.2, -0.15) is 13.2 Å². The summed E-state index contributed by atoms with van der Waals surface area (Å²) >= 11 is 0. The lowest BCUT2D eigenvalue weighted by Gasteiger charge is -2.21. The van der Waals surface area contributed by atoms with Crippen molar-refractivity contribution in [1.82, 2.24) is 5.32 Å². The fourth-order valence-electron chi connectivity index (χ4n) is 1.83. The zero-order valence-corrected chi connectivity index (χ0v) is 11.5. The van der Waals surface area contributed by atoms with Crippen LogP contribution in [0.25, 0.3) is 0 Å². The van der Waals surface area contributed by atoms with Crippen LogP contribution < -0.4 is 11.1 Å². The van der Waals surface area contributed by atoms with Crippen molar-refractivity contribution in [3.63, 3.8) is 0 Å². The molecule has 0 aliphatic heterocycles. The van der Waals surface area contributed by atoms with Crippen LogP contribution in [0.1, 0.15) is 39.5 Å². The number of nitrogens with zero attached hydrogens (tertiary/aromatic N) is 1. The molecular formula is C12H24F3N3O. The van der Waals surface area contributed by atoms with E-state index in [9.17, 15) is 13.2 Å². The predicted molar refractivity (Wildman–Crippen MR) is 69.1 cm³/mol. The smallest absolute Gasteiger partial charge is 0.400 e. The number of hydrogen-bond acceptors (Lipinski definition) is 3. The van der Waals surface area contributed by atoms with Gasteiger partial charge in [0.1, 0.15) is 5.92 Å². The number of halogens is 3. The molecule has 0 bridgehead atoms. The molecule has 0 fully saturated rings. The van der Waals surface area contributed by atoms with Gasteiger partial charge in [0.25, 0.3) is 0 Å². The van der Waals surface area contributed by atoms with E-state index in [2.05, 4.69) is 17.4 Å². The molecule has 7 heteroatoms. The van der Waals surface area contributed by atoms with E-state index in [-0.39, 0.29) is 6.54 Å². The van der Waals surface area contributed by atoms with E-state index in [0.717, 1.165) is 25.7 Å². The van der Waals surface area contributed by atoms with E-state index < -0.39 is 17.9 Å². The Labute approximate surface area is 112 Å². The molecule has 4 N–H and O–H groups in total. The first-order chi connectivity index (χ1) is 8.86. The van der Waals surface area contributed by atoms with Crippen LogP contribution in [0.2, 0.25) is 0 Å². The monoisotopic (exact) mass is 283 g/mol. The van der Waals surface area contributed by atoms with Gasteiger partial charge in [-0.15, -0.1) is 0 Å². The highest BCUT2D eigenvalue weighted by Crippen LogP contribution is 2.26. The zero-order chi connectivity index (χ0) is 14.9. The normalized spacial score (nSPS) is 16.4. The molecule has 0 aliphatic rings. The van der Waals surface area contributed by atoms with Gasteiger partial charge in [0.05, 0.1) is 0 Å². The summed E-state index contributed by atoms with van der Waals surface area (Å²) in [5.74, 6) is -2.39. The average molecular weight is 283 g/mol. The molecule has 114 valence electrons. The van der Waals surface area contributed by atoms with E-state index in [1.54, 1.807) is 0 Å². The molecule has 0 amide bonds. The Kier molecular flexibility index (Phi) is 8.54. The summed E-state index contributed by atoms with van der Waals surface area (Å²) in [6.45, 7) is 4.26. The van der Waals surface area contributed by atoms with Gasteiger partial charge in [-0.1, -0.05) is 38.3 Å². The Morgan fingerprint density at radius 1 is 1.32 bits per heavy atom. The maximum atomic E-state index is 12.7. The molecule has 0 spiro atoms. The molecule has 0 aromatic rings. The molecule has 4 nitrogen and oxygen atoms in total. The summed E-state index contributed by atoms with van der Waals surface area (Å²) in [6, 6.07) is 0. The third-order valence-electron chi connectivity index (χ3n) is 3.19. The Morgan fingerprint density at radius 3 is 2.37 bits per heavy atom. The van der Waals surface area contributed by atoms with Crippen molar-refractivity contribution in [3.05, 3.63) is 0 Å². The molecule has 0 radical (unpaired) electrons. The zero-order valence-electron chi connectivity index (χ0n) is 11.5. The minimum Gasteiger partial charge on any atom is -0.409 e. The number of nitrogens with one attached hydrogen (secondary N) is 1. The summed E-state index contributed by atoms with van der Waals surface area (Å²) < 4.78 is 38.0. The molecule has 0 rings (SSSR count). The van der Waals surface area contributed by atoms with Crippen molar-refractivity contribution in [2.75, 3.05) is 13.1 Å². The van der Waals surface area contributed by atoms with E-state index in [0.29, 0.717) is 12.5 Å². The Hall–Kier alpha value is -0.980. The third kappa shape index (κ3) is 7.25. The molecule has 2 unspecified atom stereocenters. The second kappa shape index (κ2) is 9.01. The number of alkyl halides is 3. The van der Waals surface area contributed by atoms with E-state index in [4.69, 9.17) is 10.9 Å². The van der Waals surface area contributed by atoms with E-state index >= 15 is 0 Å². The first-order valence-corrected chi connectivity index (χ1v) is 6.61. The highest BCUT2D eigenvalue weighted by molar-refractivity contribution is 5.83.